The molecule has 0 saturated heterocycles. The zero-order chi connectivity index (χ0) is 16.4. The molecule has 0 bridgehead atoms. The Balaban J connectivity index is 1.69. The van der Waals surface area contributed by atoms with Gasteiger partial charge in [0, 0.05) is 34.0 Å². The van der Waals surface area contributed by atoms with Gasteiger partial charge in [-0.3, -0.25) is 4.21 Å². The van der Waals surface area contributed by atoms with Crippen LogP contribution in [0.5, 0.6) is 11.5 Å². The number of rotatable bonds is 5. The molecule has 1 N–H and O–H groups in total. The van der Waals surface area contributed by atoms with Crippen LogP contribution in [-0.2, 0) is 22.9 Å². The van der Waals surface area contributed by atoms with Gasteiger partial charge in [0.05, 0.1) is 0 Å². The van der Waals surface area contributed by atoms with Crippen molar-refractivity contribution in [1.82, 2.24) is 5.32 Å². The fraction of sp³-hybridized carbons (Fsp3) is 0.333. The predicted octanol–water partition coefficient (Wildman–Crippen LogP) is 3.18. The molecule has 122 valence electrons. The van der Waals surface area contributed by atoms with Crippen LogP contribution in [0.2, 0.25) is 0 Å². The fourth-order valence-corrected chi connectivity index (χ4v) is 3.03. The normalized spacial score (nSPS) is 14.7. The lowest BCUT2D eigenvalue weighted by Crippen LogP contribution is -2.35. The van der Waals surface area contributed by atoms with Crippen molar-refractivity contribution in [3.63, 3.8) is 0 Å². The van der Waals surface area contributed by atoms with Gasteiger partial charge in [0.1, 0.15) is 0 Å². The third-order valence-corrected chi connectivity index (χ3v) is 5.02. The highest BCUT2D eigenvalue weighted by Crippen LogP contribution is 2.35. The molecule has 0 aliphatic carbocycles. The van der Waals surface area contributed by atoms with Crippen molar-refractivity contribution in [2.24, 2.45) is 0 Å². The third kappa shape index (κ3) is 3.57. The topological polar surface area (TPSA) is 47.6 Å². The summed E-state index contributed by atoms with van der Waals surface area (Å²) in [5.74, 6) is 1.60. The summed E-state index contributed by atoms with van der Waals surface area (Å²) in [7, 11) is -0.934. The van der Waals surface area contributed by atoms with Crippen LogP contribution in [0.3, 0.4) is 0 Å². The lowest BCUT2D eigenvalue weighted by Gasteiger charge is -2.27. The van der Waals surface area contributed by atoms with E-state index in [1.165, 1.54) is 0 Å². The standard InChI is InChI=1S/C18H21NO3S/c1-18(2,14-6-9-16-17(10-14)22-12-21-16)19-11-13-4-7-15(8-5-13)23(3)20/h4-10,19H,11-12H2,1-3H3/t23-/m0/s1. The summed E-state index contributed by atoms with van der Waals surface area (Å²) in [6.45, 7) is 5.30. The number of fused-ring (bicyclic) bond motifs is 1. The average molecular weight is 331 g/mol. The Bertz CT molecular complexity index is 726. The molecular formula is C18H21NO3S. The number of nitrogens with one attached hydrogen (secondary N) is 1. The average Bonchev–Trinajstić information content (AvgIpc) is 3.01. The Labute approximate surface area is 139 Å². The zero-order valence-electron chi connectivity index (χ0n) is 13.6. The Kier molecular flexibility index (Phi) is 4.41. The molecule has 0 spiro atoms. The van der Waals surface area contributed by atoms with Crippen molar-refractivity contribution < 1.29 is 13.7 Å². The molecule has 1 aliphatic rings. The predicted molar refractivity (Wildman–Crippen MR) is 91.2 cm³/mol. The molecule has 3 rings (SSSR count). The molecule has 1 heterocycles. The number of benzene rings is 2. The molecule has 23 heavy (non-hydrogen) atoms. The minimum Gasteiger partial charge on any atom is -0.454 e. The molecule has 0 radical (unpaired) electrons. The van der Waals surface area contributed by atoms with E-state index in [0.29, 0.717) is 0 Å². The molecule has 2 aromatic rings. The maximum atomic E-state index is 11.4. The first-order chi connectivity index (χ1) is 11.0. The Morgan fingerprint density at radius 1 is 1.09 bits per heavy atom. The molecule has 5 heteroatoms. The monoisotopic (exact) mass is 331 g/mol. The van der Waals surface area contributed by atoms with E-state index in [9.17, 15) is 4.21 Å². The van der Waals surface area contributed by atoms with Crippen molar-refractivity contribution in [1.29, 1.82) is 0 Å². The van der Waals surface area contributed by atoms with E-state index in [1.54, 1.807) is 6.26 Å². The highest BCUT2D eigenvalue weighted by atomic mass is 32.2. The first-order valence-electron chi connectivity index (χ1n) is 7.53. The van der Waals surface area contributed by atoms with Crippen molar-refractivity contribution in [3.05, 3.63) is 53.6 Å². The lowest BCUT2D eigenvalue weighted by molar-refractivity contribution is 0.174. The van der Waals surface area contributed by atoms with Crippen LogP contribution in [0, 0.1) is 0 Å². The van der Waals surface area contributed by atoms with Gasteiger partial charge >= 0.3 is 0 Å². The lowest BCUT2D eigenvalue weighted by atomic mass is 9.93. The van der Waals surface area contributed by atoms with E-state index < -0.39 is 10.8 Å². The van der Waals surface area contributed by atoms with Gasteiger partial charge in [0.25, 0.3) is 0 Å². The van der Waals surface area contributed by atoms with Crippen LogP contribution in [0.1, 0.15) is 25.0 Å². The summed E-state index contributed by atoms with van der Waals surface area (Å²) in [5, 5.41) is 3.56. The van der Waals surface area contributed by atoms with Crippen LogP contribution < -0.4 is 14.8 Å². The van der Waals surface area contributed by atoms with Crippen molar-refractivity contribution in [3.8, 4) is 11.5 Å². The molecule has 0 amide bonds. The minimum absolute atomic E-state index is 0.201. The largest absolute Gasteiger partial charge is 0.454 e. The molecule has 4 nitrogen and oxygen atoms in total. The second kappa shape index (κ2) is 6.34. The summed E-state index contributed by atoms with van der Waals surface area (Å²) in [6, 6.07) is 13.9. The van der Waals surface area contributed by atoms with E-state index in [2.05, 4.69) is 25.2 Å². The third-order valence-electron chi connectivity index (χ3n) is 4.08. The summed E-state index contributed by atoms with van der Waals surface area (Å²) < 4.78 is 22.2. The van der Waals surface area contributed by atoms with Gasteiger partial charge in [-0.25, -0.2) is 0 Å². The molecule has 0 unspecified atom stereocenters. The molecule has 2 aromatic carbocycles. The Morgan fingerprint density at radius 2 is 1.78 bits per heavy atom. The van der Waals surface area contributed by atoms with Crippen LogP contribution in [0.4, 0.5) is 0 Å². The van der Waals surface area contributed by atoms with Crippen LogP contribution in [0.25, 0.3) is 0 Å². The van der Waals surface area contributed by atoms with Gasteiger partial charge in [-0.15, -0.1) is 0 Å². The summed E-state index contributed by atoms with van der Waals surface area (Å²) in [6.07, 6.45) is 1.69. The fourth-order valence-electron chi connectivity index (χ4n) is 2.51. The summed E-state index contributed by atoms with van der Waals surface area (Å²) >= 11 is 0. The Morgan fingerprint density at radius 3 is 2.48 bits per heavy atom. The minimum atomic E-state index is -0.934. The molecule has 0 fully saturated rings. The van der Waals surface area contributed by atoms with E-state index in [4.69, 9.17) is 9.47 Å². The summed E-state index contributed by atoms with van der Waals surface area (Å²) in [5.41, 5.74) is 2.11. The zero-order valence-corrected chi connectivity index (χ0v) is 14.4. The highest BCUT2D eigenvalue weighted by molar-refractivity contribution is 7.84. The van der Waals surface area contributed by atoms with Crippen LogP contribution in [-0.4, -0.2) is 17.3 Å². The van der Waals surface area contributed by atoms with Gasteiger partial charge in [-0.1, -0.05) is 18.2 Å². The number of hydrogen-bond acceptors (Lipinski definition) is 4. The van der Waals surface area contributed by atoms with Gasteiger partial charge in [-0.05, 0) is 49.2 Å². The highest BCUT2D eigenvalue weighted by Gasteiger charge is 2.23. The van der Waals surface area contributed by atoms with Crippen molar-refractivity contribution in [2.45, 2.75) is 30.8 Å². The van der Waals surface area contributed by atoms with Gasteiger partial charge < -0.3 is 14.8 Å². The smallest absolute Gasteiger partial charge is 0.231 e. The van der Waals surface area contributed by atoms with Crippen molar-refractivity contribution in [2.75, 3.05) is 13.0 Å². The number of ether oxygens (including phenoxy) is 2. The SMILES string of the molecule is C[S@](=O)c1ccc(CNC(C)(C)c2ccc3c(c2)OCO3)cc1. The van der Waals surface area contributed by atoms with Crippen LogP contribution >= 0.6 is 0 Å². The maximum absolute atomic E-state index is 11.4. The van der Waals surface area contributed by atoms with E-state index >= 15 is 0 Å². The van der Waals surface area contributed by atoms with Crippen molar-refractivity contribution >= 4 is 10.8 Å². The summed E-state index contributed by atoms with van der Waals surface area (Å²) in [4.78, 5) is 0.851. The van der Waals surface area contributed by atoms with E-state index in [0.717, 1.165) is 34.1 Å². The molecule has 0 saturated carbocycles. The van der Waals surface area contributed by atoms with Gasteiger partial charge in [0.15, 0.2) is 11.5 Å². The maximum Gasteiger partial charge on any atom is 0.231 e. The van der Waals surface area contributed by atoms with Gasteiger partial charge in [-0.2, -0.15) is 0 Å². The van der Waals surface area contributed by atoms with Crippen LogP contribution in [0.15, 0.2) is 47.4 Å². The first kappa shape index (κ1) is 16.0. The molecule has 1 atom stereocenters. The quantitative estimate of drug-likeness (QED) is 0.914. The molecular weight excluding hydrogens is 310 g/mol. The van der Waals surface area contributed by atoms with E-state index in [-0.39, 0.29) is 12.3 Å². The molecule has 1 aliphatic heterocycles. The van der Waals surface area contributed by atoms with Gasteiger partial charge in [0.2, 0.25) is 6.79 Å². The second-order valence-corrected chi connectivity index (χ2v) is 7.52. The second-order valence-electron chi connectivity index (χ2n) is 6.14. The number of hydrogen-bond donors (Lipinski definition) is 1. The first-order valence-corrected chi connectivity index (χ1v) is 9.09. The van der Waals surface area contributed by atoms with E-state index in [1.807, 2.05) is 36.4 Å². The Hall–Kier alpha value is -1.85. The molecule has 0 aromatic heterocycles.